The van der Waals surface area contributed by atoms with Crippen molar-refractivity contribution in [1.82, 2.24) is 14.8 Å². The van der Waals surface area contributed by atoms with E-state index in [1.807, 2.05) is 49.3 Å². The Morgan fingerprint density at radius 1 is 1.07 bits per heavy atom. The van der Waals surface area contributed by atoms with E-state index in [-0.39, 0.29) is 0 Å². The summed E-state index contributed by atoms with van der Waals surface area (Å²) in [7, 11) is 4.07. The number of hydrogen-bond donors (Lipinski definition) is 0. The van der Waals surface area contributed by atoms with Gasteiger partial charge in [-0.3, -0.25) is 0 Å². The van der Waals surface area contributed by atoms with E-state index in [0.29, 0.717) is 13.2 Å². The molecule has 0 spiro atoms. The van der Waals surface area contributed by atoms with Gasteiger partial charge in [0, 0.05) is 36.1 Å². The fourth-order valence-electron chi connectivity index (χ4n) is 2.98. The summed E-state index contributed by atoms with van der Waals surface area (Å²) in [6.07, 6.45) is 0. The zero-order valence-electron chi connectivity index (χ0n) is 16.1. The van der Waals surface area contributed by atoms with Crippen molar-refractivity contribution in [2.45, 2.75) is 13.5 Å². The zero-order valence-corrected chi connectivity index (χ0v) is 16.9. The van der Waals surface area contributed by atoms with Gasteiger partial charge >= 0.3 is 0 Å². The largest absolute Gasteiger partial charge is 0.378 e. The number of benzene rings is 2. The molecule has 0 bridgehead atoms. The Labute approximate surface area is 167 Å². The van der Waals surface area contributed by atoms with Gasteiger partial charge in [-0.15, -0.1) is 11.3 Å². The summed E-state index contributed by atoms with van der Waals surface area (Å²) in [5.74, 6) is 0. The molecule has 0 aliphatic carbocycles. The molecule has 2 aromatic heterocycles. The topological polar surface area (TPSA) is 52.4 Å². The second kappa shape index (κ2) is 8.10. The molecule has 4 rings (SSSR count). The van der Waals surface area contributed by atoms with Crippen LogP contribution in [0, 0.1) is 0 Å². The second-order valence-corrected chi connectivity index (χ2v) is 7.35. The third kappa shape index (κ3) is 3.64. The molecule has 2 aromatic carbocycles. The second-order valence-electron chi connectivity index (χ2n) is 6.51. The van der Waals surface area contributed by atoms with E-state index >= 15 is 0 Å². The van der Waals surface area contributed by atoms with Gasteiger partial charge in [0.2, 0.25) is 5.13 Å². The lowest BCUT2D eigenvalue weighted by molar-refractivity contribution is -0.301. The summed E-state index contributed by atoms with van der Waals surface area (Å²) in [6, 6.07) is 16.6. The Hall–Kier alpha value is -2.74. The molecule has 4 aromatic rings. The normalized spacial score (nSPS) is 11.2. The van der Waals surface area contributed by atoms with Crippen LogP contribution in [0.2, 0.25) is 0 Å². The third-order valence-electron chi connectivity index (χ3n) is 4.36. The Bertz CT molecular complexity index is 1070. The highest BCUT2D eigenvalue weighted by Crippen LogP contribution is 2.32. The van der Waals surface area contributed by atoms with E-state index in [1.165, 1.54) is 11.3 Å². The van der Waals surface area contributed by atoms with Crippen LogP contribution in [0.15, 0.2) is 53.9 Å². The van der Waals surface area contributed by atoms with Gasteiger partial charge in [-0.05, 0) is 25.1 Å². The van der Waals surface area contributed by atoms with Crippen LogP contribution in [0.4, 0.5) is 5.69 Å². The van der Waals surface area contributed by atoms with Crippen molar-refractivity contribution in [2.24, 2.45) is 0 Å². The van der Waals surface area contributed by atoms with E-state index in [4.69, 9.17) is 14.9 Å². The molecule has 0 aliphatic rings. The van der Waals surface area contributed by atoms with Crippen LogP contribution < -0.4 is 4.90 Å². The van der Waals surface area contributed by atoms with Crippen LogP contribution >= 0.6 is 11.3 Å². The van der Waals surface area contributed by atoms with Crippen LogP contribution in [0.3, 0.4) is 0 Å². The SMILES string of the molecule is CCOOCc1csc(-n2nc(-c3ccccc3)c3ccc(N(C)C)cc32)n1. The summed E-state index contributed by atoms with van der Waals surface area (Å²) in [4.78, 5) is 16.9. The van der Waals surface area contributed by atoms with Gasteiger partial charge < -0.3 is 4.90 Å². The van der Waals surface area contributed by atoms with Crippen LogP contribution in [-0.2, 0) is 16.4 Å². The van der Waals surface area contributed by atoms with Crippen LogP contribution in [0.5, 0.6) is 0 Å². The van der Waals surface area contributed by atoms with Gasteiger partial charge in [0.1, 0.15) is 12.3 Å². The molecule has 6 nitrogen and oxygen atoms in total. The highest BCUT2D eigenvalue weighted by atomic mass is 32.1. The number of nitrogens with zero attached hydrogens (tertiary/aromatic N) is 4. The number of anilines is 1. The molecule has 7 heteroatoms. The Balaban J connectivity index is 1.82. The molecule has 0 radical (unpaired) electrons. The molecule has 0 unspecified atom stereocenters. The van der Waals surface area contributed by atoms with Crippen molar-refractivity contribution in [3.05, 3.63) is 59.6 Å². The maximum atomic E-state index is 5.14. The summed E-state index contributed by atoms with van der Waals surface area (Å²) in [5, 5.41) is 8.79. The number of rotatable bonds is 7. The molecule has 0 saturated carbocycles. The first kappa shape index (κ1) is 18.6. The van der Waals surface area contributed by atoms with E-state index < -0.39 is 0 Å². The van der Waals surface area contributed by atoms with Gasteiger partial charge in [0.15, 0.2) is 0 Å². The highest BCUT2D eigenvalue weighted by Gasteiger charge is 2.16. The molecule has 0 N–H and O–H groups in total. The minimum Gasteiger partial charge on any atom is -0.378 e. The number of aromatic nitrogens is 3. The lowest BCUT2D eigenvalue weighted by Gasteiger charge is -2.12. The minimum atomic E-state index is 0.317. The number of thiazole rings is 1. The average Bonchev–Trinajstić information content (AvgIpc) is 3.33. The highest BCUT2D eigenvalue weighted by molar-refractivity contribution is 7.12. The molecular weight excluding hydrogens is 372 g/mol. The fourth-order valence-corrected chi connectivity index (χ4v) is 3.75. The van der Waals surface area contributed by atoms with Gasteiger partial charge in [-0.2, -0.15) is 5.10 Å². The van der Waals surface area contributed by atoms with Crippen LogP contribution in [0.1, 0.15) is 12.6 Å². The minimum absolute atomic E-state index is 0.317. The first-order valence-electron chi connectivity index (χ1n) is 9.12. The summed E-state index contributed by atoms with van der Waals surface area (Å²) >= 11 is 1.54. The van der Waals surface area contributed by atoms with Gasteiger partial charge in [-0.1, -0.05) is 30.3 Å². The Morgan fingerprint density at radius 2 is 1.89 bits per heavy atom. The number of fused-ring (bicyclic) bond motifs is 1. The first-order chi connectivity index (χ1) is 13.7. The monoisotopic (exact) mass is 394 g/mol. The van der Waals surface area contributed by atoms with Crippen LogP contribution in [0.25, 0.3) is 27.3 Å². The Morgan fingerprint density at radius 3 is 2.64 bits per heavy atom. The zero-order chi connectivity index (χ0) is 19.5. The van der Waals surface area contributed by atoms with E-state index in [2.05, 4.69) is 40.2 Å². The molecular formula is C21H22N4O2S. The first-order valence-corrected chi connectivity index (χ1v) is 10.00. The van der Waals surface area contributed by atoms with Crippen molar-refractivity contribution >= 4 is 27.9 Å². The van der Waals surface area contributed by atoms with E-state index in [9.17, 15) is 0 Å². The molecule has 0 fully saturated rings. The van der Waals surface area contributed by atoms with E-state index in [1.54, 1.807) is 0 Å². The lowest BCUT2D eigenvalue weighted by atomic mass is 10.1. The lowest BCUT2D eigenvalue weighted by Crippen LogP contribution is -2.08. The fraction of sp³-hybridized carbons (Fsp3) is 0.238. The molecule has 28 heavy (non-hydrogen) atoms. The molecule has 0 atom stereocenters. The third-order valence-corrected chi connectivity index (χ3v) is 5.22. The predicted molar refractivity (Wildman–Crippen MR) is 113 cm³/mol. The summed E-state index contributed by atoms with van der Waals surface area (Å²) in [5.41, 5.74) is 4.99. The molecule has 0 amide bonds. The molecule has 0 saturated heterocycles. The van der Waals surface area contributed by atoms with Crippen molar-refractivity contribution in [3.8, 4) is 16.4 Å². The van der Waals surface area contributed by atoms with Crippen molar-refractivity contribution in [1.29, 1.82) is 0 Å². The molecule has 0 aliphatic heterocycles. The van der Waals surface area contributed by atoms with Gasteiger partial charge in [0.05, 0.1) is 17.8 Å². The maximum absolute atomic E-state index is 5.14. The van der Waals surface area contributed by atoms with Crippen LogP contribution in [-0.4, -0.2) is 35.5 Å². The van der Waals surface area contributed by atoms with E-state index in [0.717, 1.165) is 38.7 Å². The quantitative estimate of drug-likeness (QED) is 0.259. The Kier molecular flexibility index (Phi) is 5.38. The smallest absolute Gasteiger partial charge is 0.211 e. The van der Waals surface area contributed by atoms with Gasteiger partial charge in [-0.25, -0.2) is 19.4 Å². The van der Waals surface area contributed by atoms with Gasteiger partial charge in [0.25, 0.3) is 0 Å². The average molecular weight is 395 g/mol. The summed E-state index contributed by atoms with van der Waals surface area (Å²) in [6.45, 7) is 2.71. The van der Waals surface area contributed by atoms with Crippen molar-refractivity contribution in [2.75, 3.05) is 25.6 Å². The summed E-state index contributed by atoms with van der Waals surface area (Å²) < 4.78 is 1.92. The van der Waals surface area contributed by atoms with Crippen molar-refractivity contribution in [3.63, 3.8) is 0 Å². The predicted octanol–water partition coefficient (Wildman–Crippen LogP) is 4.68. The standard InChI is InChI=1S/C21H22N4O2S/c1-4-26-27-13-16-14-28-21(22-16)25-19-12-17(24(2)3)10-11-18(19)20(23-25)15-8-6-5-7-9-15/h5-12,14H,4,13H2,1-3H3. The number of hydrogen-bond acceptors (Lipinski definition) is 6. The van der Waals surface area contributed by atoms with Crippen molar-refractivity contribution < 1.29 is 9.78 Å². The molecule has 144 valence electrons. The molecule has 2 heterocycles. The maximum Gasteiger partial charge on any atom is 0.211 e.